The van der Waals surface area contributed by atoms with Crippen molar-refractivity contribution in [3.63, 3.8) is 0 Å². The standard InChI is InChI=1S/C18H14ClN3O/c1-11-14(15-8-13(19)6-7-17(15)21-11)9-18(23)22-16-5-3-2-4-12(16)10-20/h2-8,21H,9H2,1H3,(H,22,23). The minimum Gasteiger partial charge on any atom is -0.358 e. The number of rotatable bonds is 3. The minimum absolute atomic E-state index is 0.170. The van der Waals surface area contributed by atoms with E-state index >= 15 is 0 Å². The summed E-state index contributed by atoms with van der Waals surface area (Å²) in [7, 11) is 0. The van der Waals surface area contributed by atoms with Gasteiger partial charge >= 0.3 is 0 Å². The van der Waals surface area contributed by atoms with Gasteiger partial charge in [0.15, 0.2) is 0 Å². The summed E-state index contributed by atoms with van der Waals surface area (Å²) in [5, 5.41) is 13.5. The Labute approximate surface area is 138 Å². The summed E-state index contributed by atoms with van der Waals surface area (Å²) in [4.78, 5) is 15.6. The molecule has 5 heteroatoms. The number of carbonyl (C=O) groups is 1. The fourth-order valence-electron chi connectivity index (χ4n) is 2.63. The summed E-state index contributed by atoms with van der Waals surface area (Å²) in [6.07, 6.45) is 0.214. The average Bonchev–Trinajstić information content (AvgIpc) is 2.83. The number of nitrogens with zero attached hydrogens (tertiary/aromatic N) is 1. The lowest BCUT2D eigenvalue weighted by Gasteiger charge is -2.07. The molecule has 114 valence electrons. The number of aromatic nitrogens is 1. The lowest BCUT2D eigenvalue weighted by molar-refractivity contribution is -0.115. The van der Waals surface area contributed by atoms with E-state index in [2.05, 4.69) is 16.4 Å². The first-order valence-electron chi connectivity index (χ1n) is 7.14. The molecule has 0 atom stereocenters. The van der Waals surface area contributed by atoms with Gasteiger partial charge in [0.05, 0.1) is 17.7 Å². The number of halogens is 1. The molecular weight excluding hydrogens is 310 g/mol. The molecule has 0 saturated heterocycles. The smallest absolute Gasteiger partial charge is 0.228 e. The molecule has 0 bridgehead atoms. The topological polar surface area (TPSA) is 68.7 Å². The molecule has 3 rings (SSSR count). The van der Waals surface area contributed by atoms with Gasteiger partial charge in [0.25, 0.3) is 0 Å². The Morgan fingerprint density at radius 1 is 1.30 bits per heavy atom. The lowest BCUT2D eigenvalue weighted by Crippen LogP contribution is -2.15. The van der Waals surface area contributed by atoms with Crippen molar-refractivity contribution in [2.24, 2.45) is 0 Å². The van der Waals surface area contributed by atoms with Crippen LogP contribution in [0.5, 0.6) is 0 Å². The number of H-pyrrole nitrogens is 1. The largest absolute Gasteiger partial charge is 0.358 e. The molecule has 23 heavy (non-hydrogen) atoms. The van der Waals surface area contributed by atoms with E-state index in [-0.39, 0.29) is 12.3 Å². The van der Waals surface area contributed by atoms with Crippen molar-refractivity contribution in [3.05, 3.63) is 64.3 Å². The zero-order valence-electron chi connectivity index (χ0n) is 12.5. The molecule has 1 aromatic heterocycles. The number of aryl methyl sites for hydroxylation is 1. The highest BCUT2D eigenvalue weighted by Gasteiger charge is 2.14. The van der Waals surface area contributed by atoms with Gasteiger partial charge in [0.2, 0.25) is 5.91 Å². The second-order valence-electron chi connectivity index (χ2n) is 5.30. The zero-order chi connectivity index (χ0) is 16.4. The molecule has 2 aromatic carbocycles. The van der Waals surface area contributed by atoms with Crippen LogP contribution in [0.3, 0.4) is 0 Å². The Morgan fingerprint density at radius 3 is 2.87 bits per heavy atom. The van der Waals surface area contributed by atoms with Crippen LogP contribution in [0.1, 0.15) is 16.8 Å². The number of nitriles is 1. The third-order valence-electron chi connectivity index (χ3n) is 3.74. The molecule has 0 unspecified atom stereocenters. The van der Waals surface area contributed by atoms with Gasteiger partial charge in [0.1, 0.15) is 6.07 Å². The lowest BCUT2D eigenvalue weighted by atomic mass is 10.1. The van der Waals surface area contributed by atoms with Crippen LogP contribution in [-0.4, -0.2) is 10.9 Å². The average molecular weight is 324 g/mol. The predicted molar refractivity (Wildman–Crippen MR) is 91.5 cm³/mol. The second kappa shape index (κ2) is 6.15. The Kier molecular flexibility index (Phi) is 4.05. The van der Waals surface area contributed by atoms with Gasteiger partial charge in [0, 0.05) is 21.6 Å². The number of hydrogen-bond donors (Lipinski definition) is 2. The third-order valence-corrected chi connectivity index (χ3v) is 3.98. The molecule has 0 aliphatic heterocycles. The highest BCUT2D eigenvalue weighted by Crippen LogP contribution is 2.26. The zero-order valence-corrected chi connectivity index (χ0v) is 13.2. The van der Waals surface area contributed by atoms with Crippen LogP contribution in [0.2, 0.25) is 5.02 Å². The number of aromatic amines is 1. The van der Waals surface area contributed by atoms with Gasteiger partial charge in [-0.05, 0) is 42.8 Å². The van der Waals surface area contributed by atoms with Gasteiger partial charge in [-0.15, -0.1) is 0 Å². The van der Waals surface area contributed by atoms with E-state index in [9.17, 15) is 4.79 Å². The van der Waals surface area contributed by atoms with Crippen LogP contribution in [0, 0.1) is 18.3 Å². The molecular formula is C18H14ClN3O. The number of para-hydroxylation sites is 1. The number of nitrogens with one attached hydrogen (secondary N) is 2. The van der Waals surface area contributed by atoms with Crippen LogP contribution in [0.4, 0.5) is 5.69 Å². The van der Waals surface area contributed by atoms with Gasteiger partial charge in [-0.3, -0.25) is 4.79 Å². The van der Waals surface area contributed by atoms with E-state index in [1.165, 1.54) is 0 Å². The van der Waals surface area contributed by atoms with E-state index in [4.69, 9.17) is 16.9 Å². The molecule has 0 aliphatic rings. The van der Waals surface area contributed by atoms with Crippen LogP contribution in [0.25, 0.3) is 10.9 Å². The van der Waals surface area contributed by atoms with Crippen molar-refractivity contribution in [1.82, 2.24) is 4.98 Å². The first-order valence-corrected chi connectivity index (χ1v) is 7.52. The number of fused-ring (bicyclic) bond motifs is 1. The summed E-state index contributed by atoms with van der Waals surface area (Å²) in [5.41, 5.74) is 3.77. The predicted octanol–water partition coefficient (Wildman–Crippen LogP) is 4.18. The van der Waals surface area contributed by atoms with Gasteiger partial charge < -0.3 is 10.3 Å². The Bertz CT molecular complexity index is 937. The molecule has 0 saturated carbocycles. The van der Waals surface area contributed by atoms with Crippen molar-refractivity contribution in [2.45, 2.75) is 13.3 Å². The third kappa shape index (κ3) is 3.05. The number of hydrogen-bond acceptors (Lipinski definition) is 2. The van der Waals surface area contributed by atoms with E-state index in [1.54, 1.807) is 24.3 Å². The molecule has 4 nitrogen and oxygen atoms in total. The molecule has 2 N–H and O–H groups in total. The van der Waals surface area contributed by atoms with E-state index in [1.807, 2.05) is 25.1 Å². The Balaban J connectivity index is 1.87. The maximum atomic E-state index is 12.4. The SMILES string of the molecule is Cc1[nH]c2ccc(Cl)cc2c1CC(=O)Nc1ccccc1C#N. The molecule has 1 amide bonds. The van der Waals surface area contributed by atoms with Crippen LogP contribution in [-0.2, 0) is 11.2 Å². The van der Waals surface area contributed by atoms with Crippen molar-refractivity contribution in [3.8, 4) is 6.07 Å². The van der Waals surface area contributed by atoms with Crippen molar-refractivity contribution >= 4 is 34.1 Å². The van der Waals surface area contributed by atoms with Gasteiger partial charge in [-0.2, -0.15) is 5.26 Å². The Hall–Kier alpha value is -2.77. The van der Waals surface area contributed by atoms with E-state index in [0.717, 1.165) is 22.2 Å². The van der Waals surface area contributed by atoms with E-state index < -0.39 is 0 Å². The normalized spacial score (nSPS) is 10.5. The molecule has 0 radical (unpaired) electrons. The summed E-state index contributed by atoms with van der Waals surface area (Å²) >= 11 is 6.06. The summed E-state index contributed by atoms with van der Waals surface area (Å²) in [6.45, 7) is 1.93. The first kappa shape index (κ1) is 15.1. The van der Waals surface area contributed by atoms with Crippen LogP contribution >= 0.6 is 11.6 Å². The molecule has 3 aromatic rings. The fraction of sp³-hybridized carbons (Fsp3) is 0.111. The summed E-state index contributed by atoms with van der Waals surface area (Å²) in [6, 6.07) is 14.6. The maximum Gasteiger partial charge on any atom is 0.228 e. The number of amides is 1. The molecule has 0 spiro atoms. The summed E-state index contributed by atoms with van der Waals surface area (Å²) < 4.78 is 0. The summed E-state index contributed by atoms with van der Waals surface area (Å²) in [5.74, 6) is -0.170. The first-order chi connectivity index (χ1) is 11.1. The number of carbonyl (C=O) groups excluding carboxylic acids is 1. The highest BCUT2D eigenvalue weighted by atomic mass is 35.5. The van der Waals surface area contributed by atoms with E-state index in [0.29, 0.717) is 16.3 Å². The van der Waals surface area contributed by atoms with Crippen LogP contribution in [0.15, 0.2) is 42.5 Å². The van der Waals surface area contributed by atoms with Crippen LogP contribution < -0.4 is 5.32 Å². The number of benzene rings is 2. The van der Waals surface area contributed by atoms with Crippen molar-refractivity contribution in [2.75, 3.05) is 5.32 Å². The second-order valence-corrected chi connectivity index (χ2v) is 5.74. The maximum absolute atomic E-state index is 12.4. The molecule has 0 aliphatic carbocycles. The van der Waals surface area contributed by atoms with Gasteiger partial charge in [-0.25, -0.2) is 0 Å². The number of anilines is 1. The molecule has 0 fully saturated rings. The Morgan fingerprint density at radius 2 is 2.09 bits per heavy atom. The molecule has 1 heterocycles. The van der Waals surface area contributed by atoms with Crippen molar-refractivity contribution < 1.29 is 4.79 Å². The highest BCUT2D eigenvalue weighted by molar-refractivity contribution is 6.31. The monoisotopic (exact) mass is 323 g/mol. The van der Waals surface area contributed by atoms with Gasteiger partial charge in [-0.1, -0.05) is 23.7 Å². The fourth-order valence-corrected chi connectivity index (χ4v) is 2.80. The van der Waals surface area contributed by atoms with Crippen molar-refractivity contribution in [1.29, 1.82) is 5.26 Å². The minimum atomic E-state index is -0.170. The quantitative estimate of drug-likeness (QED) is 0.759.